The number of hydrogen-bond donors (Lipinski definition) is 0. The van der Waals surface area contributed by atoms with Crippen molar-refractivity contribution < 1.29 is 0 Å². The van der Waals surface area contributed by atoms with Crippen LogP contribution in [0.15, 0.2) is 24.8 Å². The fourth-order valence-corrected chi connectivity index (χ4v) is 1.95. The predicted octanol–water partition coefficient (Wildman–Crippen LogP) is 4.72. The van der Waals surface area contributed by atoms with Gasteiger partial charge in [-0.15, -0.1) is 0 Å². The Kier molecular flexibility index (Phi) is 3.95. The van der Waals surface area contributed by atoms with Crippen molar-refractivity contribution in [3.05, 3.63) is 35.9 Å². The molecule has 0 aliphatic rings. The van der Waals surface area contributed by atoms with Gasteiger partial charge >= 0.3 is 0 Å². The summed E-state index contributed by atoms with van der Waals surface area (Å²) in [7, 11) is 4.13. The van der Waals surface area contributed by atoms with Gasteiger partial charge < -0.3 is 4.90 Å². The maximum Gasteiger partial charge on any atom is 0.0434 e. The fraction of sp³-hybridized carbons (Fsp3) is 0.529. The van der Waals surface area contributed by atoms with Gasteiger partial charge in [0.05, 0.1) is 0 Å². The molecule has 1 aromatic carbocycles. The average Bonchev–Trinajstić information content (AvgIpc) is 2.26. The normalized spacial score (nSPS) is 12.4. The van der Waals surface area contributed by atoms with Gasteiger partial charge in [-0.2, -0.15) is 0 Å². The highest BCUT2D eigenvalue weighted by Gasteiger charge is 2.34. The SMILES string of the molecule is C=Cc1cc(C(C)(C)C(C)(C)C)ccc1N(C)C. The first-order chi connectivity index (χ1) is 8.11. The van der Waals surface area contributed by atoms with Gasteiger partial charge in [0.25, 0.3) is 0 Å². The van der Waals surface area contributed by atoms with Gasteiger partial charge in [-0.25, -0.2) is 0 Å². The van der Waals surface area contributed by atoms with Crippen LogP contribution in [0.25, 0.3) is 6.08 Å². The van der Waals surface area contributed by atoms with Crippen LogP contribution in [0.4, 0.5) is 5.69 Å². The molecule has 100 valence electrons. The molecule has 0 unspecified atom stereocenters. The van der Waals surface area contributed by atoms with Crippen molar-refractivity contribution in [1.29, 1.82) is 0 Å². The summed E-state index contributed by atoms with van der Waals surface area (Å²) in [6.45, 7) is 15.4. The Morgan fingerprint density at radius 1 is 1.06 bits per heavy atom. The third-order valence-electron chi connectivity index (χ3n) is 4.33. The highest BCUT2D eigenvalue weighted by Crippen LogP contribution is 2.41. The lowest BCUT2D eigenvalue weighted by molar-refractivity contribution is 0.225. The Labute approximate surface area is 113 Å². The lowest BCUT2D eigenvalue weighted by Gasteiger charge is -2.40. The standard InChI is InChI=1S/C17H27N/c1-9-13-12-14(10-11-15(13)18(7)8)17(5,6)16(2,3)4/h9-12H,1H2,2-8H3. The summed E-state index contributed by atoms with van der Waals surface area (Å²) in [5.74, 6) is 0. The molecule has 0 radical (unpaired) electrons. The minimum Gasteiger partial charge on any atom is -0.377 e. The second-order valence-electron chi connectivity index (χ2n) is 6.75. The van der Waals surface area contributed by atoms with Gasteiger partial charge in [-0.05, 0) is 34.1 Å². The highest BCUT2D eigenvalue weighted by atomic mass is 15.1. The molecule has 0 aliphatic carbocycles. The maximum absolute atomic E-state index is 3.93. The van der Waals surface area contributed by atoms with Crippen molar-refractivity contribution in [3.63, 3.8) is 0 Å². The minimum absolute atomic E-state index is 0.135. The first-order valence-electron chi connectivity index (χ1n) is 6.55. The first kappa shape index (κ1) is 14.8. The molecule has 1 heteroatoms. The molecule has 1 nitrogen and oxygen atoms in total. The average molecular weight is 245 g/mol. The van der Waals surface area contributed by atoms with E-state index in [1.54, 1.807) is 0 Å². The van der Waals surface area contributed by atoms with E-state index in [1.165, 1.54) is 16.8 Å². The smallest absolute Gasteiger partial charge is 0.0434 e. The van der Waals surface area contributed by atoms with E-state index in [1.807, 2.05) is 6.08 Å². The summed E-state index contributed by atoms with van der Waals surface area (Å²) in [6, 6.07) is 6.71. The van der Waals surface area contributed by atoms with E-state index in [9.17, 15) is 0 Å². The molecule has 1 aromatic rings. The highest BCUT2D eigenvalue weighted by molar-refractivity contribution is 5.67. The molecule has 0 aliphatic heterocycles. The van der Waals surface area contributed by atoms with Gasteiger partial charge in [-0.3, -0.25) is 0 Å². The zero-order chi connectivity index (χ0) is 14.1. The largest absolute Gasteiger partial charge is 0.377 e. The van der Waals surface area contributed by atoms with E-state index in [0.717, 1.165) is 0 Å². The Morgan fingerprint density at radius 2 is 1.61 bits per heavy atom. The summed E-state index contributed by atoms with van der Waals surface area (Å²) in [5.41, 5.74) is 4.16. The molecule has 0 bridgehead atoms. The molecule has 0 heterocycles. The van der Waals surface area contributed by atoms with E-state index < -0.39 is 0 Å². The van der Waals surface area contributed by atoms with Gasteiger partial charge in [-0.1, -0.05) is 53.3 Å². The molecule has 0 spiro atoms. The lowest BCUT2D eigenvalue weighted by atomic mass is 9.65. The second-order valence-corrected chi connectivity index (χ2v) is 6.75. The van der Waals surface area contributed by atoms with E-state index in [2.05, 4.69) is 78.4 Å². The topological polar surface area (TPSA) is 3.24 Å². The number of anilines is 1. The van der Waals surface area contributed by atoms with Crippen LogP contribution < -0.4 is 4.90 Å². The van der Waals surface area contributed by atoms with E-state index >= 15 is 0 Å². The van der Waals surface area contributed by atoms with E-state index in [4.69, 9.17) is 0 Å². The van der Waals surface area contributed by atoms with E-state index in [-0.39, 0.29) is 10.8 Å². The van der Waals surface area contributed by atoms with Crippen LogP contribution in [0.1, 0.15) is 45.7 Å². The Balaban J connectivity index is 3.34. The van der Waals surface area contributed by atoms with Gasteiger partial charge in [0.1, 0.15) is 0 Å². The predicted molar refractivity (Wildman–Crippen MR) is 83.3 cm³/mol. The zero-order valence-electron chi connectivity index (χ0n) is 13.0. The molecule has 0 saturated carbocycles. The van der Waals surface area contributed by atoms with Crippen LogP contribution in [0.3, 0.4) is 0 Å². The summed E-state index contributed by atoms with van der Waals surface area (Å²) in [5, 5.41) is 0. The number of hydrogen-bond acceptors (Lipinski definition) is 1. The second kappa shape index (κ2) is 4.79. The van der Waals surface area contributed by atoms with Gasteiger partial charge in [0.2, 0.25) is 0 Å². The van der Waals surface area contributed by atoms with Crippen molar-refractivity contribution in [2.75, 3.05) is 19.0 Å². The molecular weight excluding hydrogens is 218 g/mol. The Hall–Kier alpha value is -1.24. The molecule has 0 fully saturated rings. The summed E-state index contributed by atoms with van der Waals surface area (Å²) >= 11 is 0. The van der Waals surface area contributed by atoms with Crippen molar-refractivity contribution in [3.8, 4) is 0 Å². The van der Waals surface area contributed by atoms with Crippen molar-refractivity contribution in [1.82, 2.24) is 0 Å². The van der Waals surface area contributed by atoms with Crippen LogP contribution >= 0.6 is 0 Å². The number of nitrogens with zero attached hydrogens (tertiary/aromatic N) is 1. The summed E-state index contributed by atoms with van der Waals surface area (Å²) in [6.07, 6.45) is 1.94. The molecule has 0 amide bonds. The third-order valence-corrected chi connectivity index (χ3v) is 4.33. The van der Waals surface area contributed by atoms with Crippen molar-refractivity contribution in [2.45, 2.75) is 40.0 Å². The number of benzene rings is 1. The molecule has 0 aromatic heterocycles. The minimum atomic E-state index is 0.135. The van der Waals surface area contributed by atoms with E-state index in [0.29, 0.717) is 0 Å². The van der Waals surface area contributed by atoms with Crippen LogP contribution in [0.2, 0.25) is 0 Å². The Morgan fingerprint density at radius 3 is 2.00 bits per heavy atom. The van der Waals surface area contributed by atoms with Crippen molar-refractivity contribution in [2.24, 2.45) is 5.41 Å². The Bertz CT molecular complexity index is 433. The molecular formula is C17H27N. The van der Waals surface area contributed by atoms with Crippen LogP contribution in [0.5, 0.6) is 0 Å². The molecule has 1 rings (SSSR count). The molecule has 18 heavy (non-hydrogen) atoms. The zero-order valence-corrected chi connectivity index (χ0v) is 13.0. The maximum atomic E-state index is 3.93. The summed E-state index contributed by atoms with van der Waals surface area (Å²) in [4.78, 5) is 2.13. The van der Waals surface area contributed by atoms with Crippen LogP contribution in [0, 0.1) is 5.41 Å². The van der Waals surface area contributed by atoms with Crippen LogP contribution in [-0.2, 0) is 5.41 Å². The van der Waals surface area contributed by atoms with Crippen LogP contribution in [-0.4, -0.2) is 14.1 Å². The fourth-order valence-electron chi connectivity index (χ4n) is 1.95. The van der Waals surface area contributed by atoms with Gasteiger partial charge in [0, 0.05) is 19.8 Å². The quantitative estimate of drug-likeness (QED) is 0.745. The molecule has 0 saturated heterocycles. The molecule has 0 atom stereocenters. The van der Waals surface area contributed by atoms with Crippen molar-refractivity contribution >= 4 is 11.8 Å². The first-order valence-corrected chi connectivity index (χ1v) is 6.55. The summed E-state index contributed by atoms with van der Waals surface area (Å²) < 4.78 is 0. The lowest BCUT2D eigenvalue weighted by Crippen LogP contribution is -2.34. The third kappa shape index (κ3) is 2.60. The number of rotatable bonds is 3. The van der Waals surface area contributed by atoms with Gasteiger partial charge in [0.15, 0.2) is 0 Å². The monoisotopic (exact) mass is 245 g/mol. The molecule has 0 N–H and O–H groups in total.